The van der Waals surface area contributed by atoms with Gasteiger partial charge in [-0.25, -0.2) is 4.90 Å². The SMILES string of the molecule is COc1ccc(NC(=O)c2ccccc2N2C(=O)[C@@H]3[C@@H](C)C=CC[C@H]3C2=O)c(OC)c1. The topological polar surface area (TPSA) is 84.9 Å². The first-order chi connectivity index (χ1) is 15.0. The molecule has 7 nitrogen and oxygen atoms in total. The van der Waals surface area contributed by atoms with Crippen molar-refractivity contribution in [2.24, 2.45) is 17.8 Å². The van der Waals surface area contributed by atoms with Gasteiger partial charge >= 0.3 is 0 Å². The molecule has 3 amide bonds. The number of methoxy groups -OCH3 is 2. The quantitative estimate of drug-likeness (QED) is 0.589. The highest BCUT2D eigenvalue weighted by atomic mass is 16.5. The normalized spacial score (nSPS) is 22.3. The number of rotatable bonds is 5. The Bertz CT molecular complexity index is 1080. The average Bonchev–Trinajstić information content (AvgIpc) is 3.04. The van der Waals surface area contributed by atoms with E-state index in [-0.39, 0.29) is 29.2 Å². The van der Waals surface area contributed by atoms with Gasteiger partial charge < -0.3 is 14.8 Å². The highest BCUT2D eigenvalue weighted by Gasteiger charge is 2.51. The van der Waals surface area contributed by atoms with Crippen LogP contribution >= 0.6 is 0 Å². The van der Waals surface area contributed by atoms with Crippen molar-refractivity contribution >= 4 is 29.1 Å². The number of allylic oxidation sites excluding steroid dienone is 2. The van der Waals surface area contributed by atoms with E-state index in [1.165, 1.54) is 12.0 Å². The largest absolute Gasteiger partial charge is 0.497 e. The van der Waals surface area contributed by atoms with Crippen LogP contribution in [-0.2, 0) is 9.59 Å². The van der Waals surface area contributed by atoms with E-state index < -0.39 is 11.8 Å². The molecule has 2 aromatic carbocycles. The molecule has 1 N–H and O–H groups in total. The van der Waals surface area contributed by atoms with Crippen LogP contribution in [0.3, 0.4) is 0 Å². The Kier molecular flexibility index (Phi) is 5.50. The van der Waals surface area contributed by atoms with Crippen LogP contribution < -0.4 is 19.7 Å². The summed E-state index contributed by atoms with van der Waals surface area (Å²) < 4.78 is 10.5. The van der Waals surface area contributed by atoms with Crippen LogP contribution in [-0.4, -0.2) is 31.9 Å². The lowest BCUT2D eigenvalue weighted by molar-refractivity contribution is -0.122. The molecule has 1 heterocycles. The molecular formula is C24H24N2O5. The first-order valence-electron chi connectivity index (χ1n) is 10.1. The molecule has 0 bridgehead atoms. The Balaban J connectivity index is 1.66. The predicted octanol–water partition coefficient (Wildman–Crippen LogP) is 3.66. The van der Waals surface area contributed by atoms with Crippen LogP contribution in [0, 0.1) is 17.8 Å². The summed E-state index contributed by atoms with van der Waals surface area (Å²) in [5.74, 6) is -0.730. The monoisotopic (exact) mass is 420 g/mol. The van der Waals surface area contributed by atoms with E-state index in [0.717, 1.165) is 0 Å². The fourth-order valence-corrected chi connectivity index (χ4v) is 4.34. The summed E-state index contributed by atoms with van der Waals surface area (Å²) in [6.07, 6.45) is 4.47. The molecule has 160 valence electrons. The summed E-state index contributed by atoms with van der Waals surface area (Å²) in [7, 11) is 3.04. The van der Waals surface area contributed by atoms with Gasteiger partial charge in [0, 0.05) is 6.07 Å². The first kappa shape index (κ1) is 20.7. The van der Waals surface area contributed by atoms with Gasteiger partial charge in [-0.3, -0.25) is 14.4 Å². The van der Waals surface area contributed by atoms with Gasteiger partial charge in [0.05, 0.1) is 43.0 Å². The van der Waals surface area contributed by atoms with Gasteiger partial charge in [-0.05, 0) is 36.6 Å². The number of hydrogen-bond acceptors (Lipinski definition) is 5. The molecule has 7 heteroatoms. The molecule has 1 fully saturated rings. The van der Waals surface area contributed by atoms with E-state index in [1.54, 1.807) is 49.6 Å². The summed E-state index contributed by atoms with van der Waals surface area (Å²) in [5.41, 5.74) is 0.985. The number of carbonyl (C=O) groups is 3. The van der Waals surface area contributed by atoms with Crippen LogP contribution in [0.25, 0.3) is 0 Å². The molecule has 1 aliphatic heterocycles. The number of carbonyl (C=O) groups excluding carboxylic acids is 3. The van der Waals surface area contributed by atoms with Gasteiger partial charge in [0.15, 0.2) is 0 Å². The smallest absolute Gasteiger partial charge is 0.257 e. The van der Waals surface area contributed by atoms with E-state index in [0.29, 0.717) is 29.3 Å². The number of benzene rings is 2. The highest BCUT2D eigenvalue weighted by Crippen LogP contribution is 2.41. The van der Waals surface area contributed by atoms with Gasteiger partial charge in [0.1, 0.15) is 11.5 Å². The average molecular weight is 420 g/mol. The lowest BCUT2D eigenvalue weighted by Gasteiger charge is -2.22. The Morgan fingerprint density at radius 2 is 1.84 bits per heavy atom. The van der Waals surface area contributed by atoms with Crippen molar-refractivity contribution in [3.05, 3.63) is 60.2 Å². The maximum absolute atomic E-state index is 13.2. The fourth-order valence-electron chi connectivity index (χ4n) is 4.34. The molecular weight excluding hydrogens is 396 g/mol. The fraction of sp³-hybridized carbons (Fsp3) is 0.292. The van der Waals surface area contributed by atoms with Crippen molar-refractivity contribution in [2.45, 2.75) is 13.3 Å². The lowest BCUT2D eigenvalue weighted by atomic mass is 9.78. The van der Waals surface area contributed by atoms with Crippen LogP contribution in [0.4, 0.5) is 11.4 Å². The molecule has 31 heavy (non-hydrogen) atoms. The van der Waals surface area contributed by atoms with E-state index in [2.05, 4.69) is 5.32 Å². The number of hydrogen-bond donors (Lipinski definition) is 1. The van der Waals surface area contributed by atoms with Crippen molar-refractivity contribution in [3.8, 4) is 11.5 Å². The number of nitrogens with zero attached hydrogens (tertiary/aromatic N) is 1. The molecule has 2 aromatic rings. The number of para-hydroxylation sites is 1. The van der Waals surface area contributed by atoms with Crippen LogP contribution in [0.5, 0.6) is 11.5 Å². The van der Waals surface area contributed by atoms with Gasteiger partial charge in [-0.2, -0.15) is 0 Å². The highest BCUT2D eigenvalue weighted by molar-refractivity contribution is 6.25. The third-order valence-electron chi connectivity index (χ3n) is 5.92. The van der Waals surface area contributed by atoms with Crippen molar-refractivity contribution in [3.63, 3.8) is 0 Å². The van der Waals surface area contributed by atoms with Gasteiger partial charge in [0.25, 0.3) is 5.91 Å². The molecule has 1 aliphatic carbocycles. The standard InChI is InChI=1S/C24H24N2O5/c1-14-7-6-9-17-21(14)24(29)26(23(17)28)19-10-5-4-8-16(19)22(27)25-18-12-11-15(30-2)13-20(18)31-3/h4-8,10-14,17,21H,9H2,1-3H3,(H,25,27)/t14-,17+,21+/m0/s1. The van der Waals surface area contributed by atoms with Crippen molar-refractivity contribution < 1.29 is 23.9 Å². The van der Waals surface area contributed by atoms with Crippen molar-refractivity contribution in [1.82, 2.24) is 0 Å². The predicted molar refractivity (Wildman–Crippen MR) is 116 cm³/mol. The minimum atomic E-state index is -0.444. The van der Waals surface area contributed by atoms with Crippen molar-refractivity contribution in [2.75, 3.05) is 24.4 Å². The zero-order valence-electron chi connectivity index (χ0n) is 17.6. The summed E-state index contributed by atoms with van der Waals surface area (Å²) in [5, 5.41) is 2.81. The second-order valence-electron chi connectivity index (χ2n) is 7.70. The minimum Gasteiger partial charge on any atom is -0.497 e. The maximum Gasteiger partial charge on any atom is 0.257 e. The molecule has 3 atom stereocenters. The Morgan fingerprint density at radius 1 is 1.06 bits per heavy atom. The number of fused-ring (bicyclic) bond motifs is 1. The van der Waals surface area contributed by atoms with E-state index >= 15 is 0 Å². The molecule has 2 aliphatic rings. The molecule has 0 radical (unpaired) electrons. The Hall–Kier alpha value is -3.61. The van der Waals surface area contributed by atoms with Crippen LogP contribution in [0.1, 0.15) is 23.7 Å². The van der Waals surface area contributed by atoms with Gasteiger partial charge in [-0.1, -0.05) is 31.2 Å². The van der Waals surface area contributed by atoms with Crippen molar-refractivity contribution in [1.29, 1.82) is 0 Å². The minimum absolute atomic E-state index is 0.0234. The zero-order chi connectivity index (χ0) is 22.1. The van der Waals surface area contributed by atoms with Crippen LogP contribution in [0.15, 0.2) is 54.6 Å². The number of nitrogens with one attached hydrogen (secondary N) is 1. The third kappa shape index (κ3) is 3.56. The Morgan fingerprint density at radius 3 is 2.55 bits per heavy atom. The number of amides is 3. The summed E-state index contributed by atoms with van der Waals surface area (Å²) >= 11 is 0. The summed E-state index contributed by atoms with van der Waals surface area (Å²) in [6.45, 7) is 1.94. The Labute approximate surface area is 180 Å². The number of imide groups is 1. The molecule has 0 spiro atoms. The zero-order valence-corrected chi connectivity index (χ0v) is 17.6. The van der Waals surface area contributed by atoms with E-state index in [9.17, 15) is 14.4 Å². The summed E-state index contributed by atoms with van der Waals surface area (Å²) in [6, 6.07) is 11.7. The number of ether oxygens (including phenoxy) is 2. The number of anilines is 2. The van der Waals surface area contributed by atoms with Gasteiger partial charge in [-0.15, -0.1) is 0 Å². The molecule has 0 saturated carbocycles. The first-order valence-corrected chi connectivity index (χ1v) is 10.1. The van der Waals surface area contributed by atoms with Gasteiger partial charge in [0.2, 0.25) is 11.8 Å². The van der Waals surface area contributed by atoms with E-state index in [1.807, 2.05) is 19.1 Å². The molecule has 4 rings (SSSR count). The molecule has 1 saturated heterocycles. The van der Waals surface area contributed by atoms with E-state index in [4.69, 9.17) is 9.47 Å². The second-order valence-corrected chi connectivity index (χ2v) is 7.70. The third-order valence-corrected chi connectivity index (χ3v) is 5.92. The van der Waals surface area contributed by atoms with Crippen LogP contribution in [0.2, 0.25) is 0 Å². The maximum atomic E-state index is 13.2. The second kappa shape index (κ2) is 8.26. The molecule has 0 unspecified atom stereocenters. The lowest BCUT2D eigenvalue weighted by Crippen LogP contribution is -2.33. The summed E-state index contributed by atoms with van der Waals surface area (Å²) in [4.78, 5) is 40.6. The molecule has 0 aromatic heterocycles.